The summed E-state index contributed by atoms with van der Waals surface area (Å²) >= 11 is 6.78. The topological polar surface area (TPSA) is 38.0 Å². The Kier molecular flexibility index (Phi) is 4.31. The highest BCUT2D eigenvalue weighted by Crippen LogP contribution is 2.27. The van der Waals surface area contributed by atoms with Gasteiger partial charge in [0.15, 0.2) is 0 Å². The lowest BCUT2D eigenvalue weighted by Crippen LogP contribution is -2.11. The zero-order valence-electron chi connectivity index (χ0n) is 9.58. The minimum atomic E-state index is -0.734. The minimum Gasteiger partial charge on any atom is -0.389 e. The Morgan fingerprint density at radius 2 is 1.74 bits per heavy atom. The molecule has 0 aromatic heterocycles. The number of halogens is 3. The average Bonchev–Trinajstić information content (AvgIpc) is 2.35. The van der Waals surface area contributed by atoms with E-state index in [1.807, 2.05) is 12.1 Å². The van der Waals surface area contributed by atoms with E-state index in [4.69, 9.17) is 18.0 Å². The third kappa shape index (κ3) is 3.19. The summed E-state index contributed by atoms with van der Waals surface area (Å²) in [6.45, 7) is 0. The van der Waals surface area contributed by atoms with Crippen LogP contribution in [0.4, 0.5) is 20.2 Å². The van der Waals surface area contributed by atoms with Gasteiger partial charge >= 0.3 is 0 Å². The lowest BCUT2D eigenvalue weighted by Gasteiger charge is -2.11. The quantitative estimate of drug-likeness (QED) is 0.616. The normalized spacial score (nSPS) is 10.3. The van der Waals surface area contributed by atoms with Crippen LogP contribution in [0.25, 0.3) is 0 Å². The van der Waals surface area contributed by atoms with E-state index in [1.54, 1.807) is 12.1 Å². The van der Waals surface area contributed by atoms with Crippen molar-refractivity contribution < 1.29 is 8.78 Å². The van der Waals surface area contributed by atoms with E-state index in [0.717, 1.165) is 15.7 Å². The molecule has 0 unspecified atom stereocenters. The van der Waals surface area contributed by atoms with Gasteiger partial charge in [-0.25, -0.2) is 8.78 Å². The average molecular weight is 390 g/mol. The molecule has 6 heteroatoms. The van der Waals surface area contributed by atoms with Crippen molar-refractivity contribution in [1.82, 2.24) is 0 Å². The molecule has 0 amide bonds. The van der Waals surface area contributed by atoms with E-state index in [0.29, 0.717) is 5.69 Å². The fraction of sp³-hybridized carbons (Fsp3) is 0. The molecule has 0 spiro atoms. The van der Waals surface area contributed by atoms with Gasteiger partial charge in [0.25, 0.3) is 0 Å². The summed E-state index contributed by atoms with van der Waals surface area (Å²) in [6, 6.07) is 9.43. The Bertz CT molecular complexity index is 623. The van der Waals surface area contributed by atoms with Crippen LogP contribution in [0.1, 0.15) is 5.56 Å². The van der Waals surface area contributed by atoms with Gasteiger partial charge < -0.3 is 11.1 Å². The van der Waals surface area contributed by atoms with Gasteiger partial charge in [0, 0.05) is 9.13 Å². The highest BCUT2D eigenvalue weighted by Gasteiger charge is 2.13. The van der Waals surface area contributed by atoms with Gasteiger partial charge in [-0.2, -0.15) is 0 Å². The van der Waals surface area contributed by atoms with Gasteiger partial charge in [-0.05, 0) is 46.9 Å². The van der Waals surface area contributed by atoms with E-state index >= 15 is 0 Å². The van der Waals surface area contributed by atoms with Crippen molar-refractivity contribution in [2.45, 2.75) is 0 Å². The molecule has 98 valence electrons. The maximum Gasteiger partial charge on any atom is 0.150 e. The molecule has 0 radical (unpaired) electrons. The monoisotopic (exact) mass is 390 g/mol. The molecular weight excluding hydrogens is 381 g/mol. The van der Waals surface area contributed by atoms with E-state index in [2.05, 4.69) is 27.9 Å². The SMILES string of the molecule is NC(=S)c1cc(F)c(Nc2ccccc2I)c(F)c1. The number of nitrogens with two attached hydrogens (primary N) is 1. The maximum atomic E-state index is 13.9. The first-order chi connectivity index (χ1) is 8.99. The summed E-state index contributed by atoms with van der Waals surface area (Å²) in [6.07, 6.45) is 0. The summed E-state index contributed by atoms with van der Waals surface area (Å²) in [5.41, 5.74) is 5.93. The number of rotatable bonds is 3. The summed E-state index contributed by atoms with van der Waals surface area (Å²) in [4.78, 5) is -0.0429. The van der Waals surface area contributed by atoms with Crippen molar-refractivity contribution >= 4 is 51.2 Å². The maximum absolute atomic E-state index is 13.9. The number of anilines is 2. The van der Waals surface area contributed by atoms with Crippen LogP contribution in [0.15, 0.2) is 36.4 Å². The van der Waals surface area contributed by atoms with Crippen LogP contribution in [0.5, 0.6) is 0 Å². The molecule has 2 aromatic carbocycles. The largest absolute Gasteiger partial charge is 0.389 e. The zero-order valence-corrected chi connectivity index (χ0v) is 12.6. The van der Waals surface area contributed by atoms with Crippen molar-refractivity contribution in [1.29, 1.82) is 0 Å². The van der Waals surface area contributed by atoms with Crippen LogP contribution in [0.2, 0.25) is 0 Å². The van der Waals surface area contributed by atoms with Gasteiger partial charge in [0.05, 0.1) is 5.69 Å². The first-order valence-corrected chi connectivity index (χ1v) is 6.78. The van der Waals surface area contributed by atoms with Crippen LogP contribution >= 0.6 is 34.8 Å². The van der Waals surface area contributed by atoms with Crippen LogP contribution < -0.4 is 11.1 Å². The van der Waals surface area contributed by atoms with Gasteiger partial charge in [-0.3, -0.25) is 0 Å². The molecule has 2 nitrogen and oxygen atoms in total. The number of hydrogen-bond donors (Lipinski definition) is 2. The van der Waals surface area contributed by atoms with Crippen LogP contribution in [-0.4, -0.2) is 4.99 Å². The van der Waals surface area contributed by atoms with Crippen molar-refractivity contribution in [3.63, 3.8) is 0 Å². The second-order valence-corrected chi connectivity index (χ2v) is 5.39. The Hall–Kier alpha value is -1.28. The molecule has 2 rings (SSSR count). The summed E-state index contributed by atoms with van der Waals surface area (Å²) < 4.78 is 28.6. The second kappa shape index (κ2) is 5.79. The lowest BCUT2D eigenvalue weighted by atomic mass is 10.1. The number of hydrogen-bond acceptors (Lipinski definition) is 2. The molecule has 2 aromatic rings. The third-order valence-corrected chi connectivity index (χ3v) is 3.64. The lowest BCUT2D eigenvalue weighted by molar-refractivity contribution is 0.590. The van der Waals surface area contributed by atoms with Crippen LogP contribution in [0, 0.1) is 15.2 Å². The van der Waals surface area contributed by atoms with Gasteiger partial charge in [-0.1, -0.05) is 24.4 Å². The zero-order chi connectivity index (χ0) is 14.0. The second-order valence-electron chi connectivity index (χ2n) is 3.78. The highest BCUT2D eigenvalue weighted by atomic mass is 127. The van der Waals surface area contributed by atoms with E-state index in [1.165, 1.54) is 0 Å². The molecular formula is C13H9F2IN2S. The Labute approximate surface area is 128 Å². The Balaban J connectivity index is 2.42. The van der Waals surface area contributed by atoms with Crippen LogP contribution in [-0.2, 0) is 0 Å². The molecule has 0 fully saturated rings. The first-order valence-electron chi connectivity index (χ1n) is 5.29. The molecule has 0 aliphatic carbocycles. The molecule has 0 saturated carbocycles. The Morgan fingerprint density at radius 1 is 1.16 bits per heavy atom. The third-order valence-electron chi connectivity index (χ3n) is 2.46. The molecule has 19 heavy (non-hydrogen) atoms. The van der Waals surface area contributed by atoms with Crippen molar-refractivity contribution in [2.24, 2.45) is 5.73 Å². The van der Waals surface area contributed by atoms with Gasteiger partial charge in [-0.15, -0.1) is 0 Å². The van der Waals surface area contributed by atoms with Gasteiger partial charge in [0.1, 0.15) is 22.3 Å². The van der Waals surface area contributed by atoms with Crippen molar-refractivity contribution in [2.75, 3.05) is 5.32 Å². The number of para-hydroxylation sites is 1. The van der Waals surface area contributed by atoms with Crippen molar-refractivity contribution in [3.05, 3.63) is 57.2 Å². The smallest absolute Gasteiger partial charge is 0.150 e. The van der Waals surface area contributed by atoms with Crippen molar-refractivity contribution in [3.8, 4) is 0 Å². The number of thiocarbonyl (C=S) groups is 1. The summed E-state index contributed by atoms with van der Waals surface area (Å²) in [7, 11) is 0. The van der Waals surface area contributed by atoms with E-state index < -0.39 is 11.6 Å². The minimum absolute atomic E-state index is 0.0429. The van der Waals surface area contributed by atoms with Crippen LogP contribution in [0.3, 0.4) is 0 Å². The molecule has 0 saturated heterocycles. The van der Waals surface area contributed by atoms with E-state index in [-0.39, 0.29) is 16.2 Å². The summed E-state index contributed by atoms with van der Waals surface area (Å²) in [5, 5.41) is 2.73. The molecule has 0 aliphatic rings. The first kappa shape index (κ1) is 14.1. The molecule has 0 heterocycles. The van der Waals surface area contributed by atoms with E-state index in [9.17, 15) is 8.78 Å². The van der Waals surface area contributed by atoms with Gasteiger partial charge in [0.2, 0.25) is 0 Å². The molecule has 0 bridgehead atoms. The summed E-state index contributed by atoms with van der Waals surface area (Å²) in [5.74, 6) is -1.47. The molecule has 0 atom stereocenters. The molecule has 3 N–H and O–H groups in total. The fourth-order valence-electron chi connectivity index (χ4n) is 1.53. The highest BCUT2D eigenvalue weighted by molar-refractivity contribution is 14.1. The Morgan fingerprint density at radius 3 is 2.26 bits per heavy atom. The predicted molar refractivity (Wildman–Crippen MR) is 84.7 cm³/mol. The number of benzene rings is 2. The standard InChI is InChI=1S/C13H9F2IN2S/c14-8-5-7(13(17)19)6-9(15)12(8)18-11-4-2-1-3-10(11)16/h1-6,18H,(H2,17,19). The predicted octanol–water partition coefficient (Wildman–Crippen LogP) is 3.95. The number of nitrogens with one attached hydrogen (secondary N) is 1. The fourth-order valence-corrected chi connectivity index (χ4v) is 2.17. The molecule has 0 aliphatic heterocycles.